The zero-order valence-electron chi connectivity index (χ0n) is 14.3. The summed E-state index contributed by atoms with van der Waals surface area (Å²) in [5, 5.41) is 3.46. The SMILES string of the molecule is COC1=CC2=NC(=S)NC(=NCc3ccccc3OC)C2C=C1OC. The fourth-order valence-corrected chi connectivity index (χ4v) is 2.95. The van der Waals surface area contributed by atoms with Crippen molar-refractivity contribution < 1.29 is 14.2 Å². The van der Waals surface area contributed by atoms with Crippen LogP contribution in [0.4, 0.5) is 0 Å². The third-order valence-corrected chi connectivity index (χ3v) is 4.16. The van der Waals surface area contributed by atoms with E-state index in [1.54, 1.807) is 21.3 Å². The zero-order chi connectivity index (χ0) is 17.8. The van der Waals surface area contributed by atoms with Gasteiger partial charge in [-0.15, -0.1) is 0 Å². The van der Waals surface area contributed by atoms with E-state index < -0.39 is 0 Å². The highest BCUT2D eigenvalue weighted by molar-refractivity contribution is 7.80. The zero-order valence-corrected chi connectivity index (χ0v) is 15.1. The third kappa shape index (κ3) is 3.56. The molecule has 3 rings (SSSR count). The van der Waals surface area contributed by atoms with Crippen molar-refractivity contribution in [3.8, 4) is 5.75 Å². The molecule has 0 saturated heterocycles. The number of allylic oxidation sites excluding steroid dienone is 1. The van der Waals surface area contributed by atoms with Gasteiger partial charge in [-0.25, -0.2) is 4.99 Å². The van der Waals surface area contributed by atoms with Crippen LogP contribution in [-0.2, 0) is 16.0 Å². The molecule has 1 aliphatic heterocycles. The number of hydrogen-bond acceptors (Lipinski definition) is 5. The lowest BCUT2D eigenvalue weighted by Crippen LogP contribution is -2.43. The number of methoxy groups -OCH3 is 3. The van der Waals surface area contributed by atoms with Gasteiger partial charge in [0, 0.05) is 11.6 Å². The topological polar surface area (TPSA) is 64.4 Å². The number of fused-ring (bicyclic) bond motifs is 1. The van der Waals surface area contributed by atoms with Gasteiger partial charge in [0.1, 0.15) is 11.6 Å². The molecule has 1 aromatic rings. The molecule has 25 heavy (non-hydrogen) atoms. The number of ether oxygens (including phenoxy) is 3. The number of aliphatic imine (C=N–C) groups is 2. The Hall–Kier alpha value is -2.67. The molecule has 0 saturated carbocycles. The van der Waals surface area contributed by atoms with Gasteiger partial charge in [0.05, 0.1) is 39.5 Å². The van der Waals surface area contributed by atoms with E-state index in [0.717, 1.165) is 22.9 Å². The molecule has 0 amide bonds. The molecule has 0 bridgehead atoms. The maximum absolute atomic E-state index is 5.40. The highest BCUT2D eigenvalue weighted by atomic mass is 32.1. The van der Waals surface area contributed by atoms with Crippen molar-refractivity contribution in [2.45, 2.75) is 6.54 Å². The van der Waals surface area contributed by atoms with Crippen molar-refractivity contribution in [1.29, 1.82) is 0 Å². The minimum Gasteiger partial charge on any atom is -0.496 e. The lowest BCUT2D eigenvalue weighted by atomic mass is 9.94. The summed E-state index contributed by atoms with van der Waals surface area (Å²) in [7, 11) is 4.85. The monoisotopic (exact) mass is 357 g/mol. The second-order valence-corrected chi connectivity index (χ2v) is 5.79. The molecule has 0 spiro atoms. The van der Waals surface area contributed by atoms with Gasteiger partial charge in [-0.05, 0) is 24.4 Å². The van der Waals surface area contributed by atoms with Crippen molar-refractivity contribution in [1.82, 2.24) is 5.32 Å². The number of hydrogen-bond donors (Lipinski definition) is 1. The van der Waals surface area contributed by atoms with Crippen LogP contribution in [0.1, 0.15) is 5.56 Å². The Bertz CT molecular complexity index is 812. The average Bonchev–Trinajstić information content (AvgIpc) is 2.65. The Morgan fingerprint density at radius 1 is 1.12 bits per heavy atom. The number of thiocarbonyl (C=S) groups is 1. The molecule has 7 heteroatoms. The molecule has 6 nitrogen and oxygen atoms in total. The molecule has 1 aliphatic carbocycles. The number of benzene rings is 1. The molecule has 0 aromatic heterocycles. The van der Waals surface area contributed by atoms with Gasteiger partial charge in [-0.3, -0.25) is 4.99 Å². The smallest absolute Gasteiger partial charge is 0.198 e. The van der Waals surface area contributed by atoms with Gasteiger partial charge >= 0.3 is 0 Å². The number of para-hydroxylation sites is 1. The summed E-state index contributed by atoms with van der Waals surface area (Å²) in [4.78, 5) is 9.09. The van der Waals surface area contributed by atoms with Gasteiger partial charge in [0.15, 0.2) is 16.6 Å². The summed E-state index contributed by atoms with van der Waals surface area (Å²) in [6.45, 7) is 0.468. The van der Waals surface area contributed by atoms with E-state index in [1.165, 1.54) is 0 Å². The van der Waals surface area contributed by atoms with Crippen LogP contribution in [0.3, 0.4) is 0 Å². The van der Waals surface area contributed by atoms with E-state index in [9.17, 15) is 0 Å². The summed E-state index contributed by atoms with van der Waals surface area (Å²) in [6.07, 6.45) is 3.75. The molecule has 2 aliphatic rings. The molecular weight excluding hydrogens is 338 g/mol. The first kappa shape index (κ1) is 17.2. The van der Waals surface area contributed by atoms with Crippen LogP contribution in [-0.4, -0.2) is 38.0 Å². The van der Waals surface area contributed by atoms with E-state index in [0.29, 0.717) is 23.2 Å². The summed E-state index contributed by atoms with van der Waals surface area (Å²) >= 11 is 5.24. The second-order valence-electron chi connectivity index (χ2n) is 5.41. The number of nitrogens with zero attached hydrogens (tertiary/aromatic N) is 2. The number of amidine groups is 1. The van der Waals surface area contributed by atoms with Crippen molar-refractivity contribution in [3.05, 3.63) is 53.5 Å². The van der Waals surface area contributed by atoms with Crippen LogP contribution in [0, 0.1) is 5.92 Å². The second kappa shape index (κ2) is 7.48. The van der Waals surface area contributed by atoms with Crippen LogP contribution in [0.25, 0.3) is 0 Å². The third-order valence-electron chi connectivity index (χ3n) is 3.97. The Kier molecular flexibility index (Phi) is 5.14. The van der Waals surface area contributed by atoms with Crippen molar-refractivity contribution in [2.24, 2.45) is 15.9 Å². The molecule has 1 N–H and O–H groups in total. The minimum absolute atomic E-state index is 0.157. The molecule has 0 radical (unpaired) electrons. The van der Waals surface area contributed by atoms with Gasteiger partial charge in [-0.2, -0.15) is 0 Å². The molecule has 1 atom stereocenters. The predicted octanol–water partition coefficient (Wildman–Crippen LogP) is 2.61. The number of nitrogens with one attached hydrogen (secondary N) is 1. The van der Waals surface area contributed by atoms with Crippen molar-refractivity contribution >= 4 is 28.9 Å². The van der Waals surface area contributed by atoms with Gasteiger partial charge in [0.2, 0.25) is 0 Å². The normalized spacial score (nSPS) is 20.8. The highest BCUT2D eigenvalue weighted by Crippen LogP contribution is 2.26. The minimum atomic E-state index is -0.157. The van der Waals surface area contributed by atoms with Crippen molar-refractivity contribution in [2.75, 3.05) is 21.3 Å². The van der Waals surface area contributed by atoms with E-state index in [2.05, 4.69) is 10.3 Å². The maximum atomic E-state index is 5.40. The molecule has 1 heterocycles. The Balaban J connectivity index is 1.92. The Morgan fingerprint density at radius 3 is 2.60 bits per heavy atom. The summed E-state index contributed by atoms with van der Waals surface area (Å²) < 4.78 is 16.1. The first-order valence-corrected chi connectivity index (χ1v) is 8.14. The first-order valence-electron chi connectivity index (χ1n) is 7.74. The molecule has 1 aromatic carbocycles. The quantitative estimate of drug-likeness (QED) is 0.821. The summed E-state index contributed by atoms with van der Waals surface area (Å²) in [6, 6.07) is 7.79. The van der Waals surface area contributed by atoms with Gasteiger partial charge in [0.25, 0.3) is 0 Å². The predicted molar refractivity (Wildman–Crippen MR) is 101 cm³/mol. The Morgan fingerprint density at radius 2 is 1.88 bits per heavy atom. The van der Waals surface area contributed by atoms with Crippen LogP contribution in [0.15, 0.2) is 57.9 Å². The van der Waals surface area contributed by atoms with E-state index in [-0.39, 0.29) is 5.92 Å². The molecule has 1 unspecified atom stereocenters. The van der Waals surface area contributed by atoms with E-state index >= 15 is 0 Å². The van der Waals surface area contributed by atoms with E-state index in [1.807, 2.05) is 36.4 Å². The number of rotatable bonds is 5. The first-order chi connectivity index (χ1) is 12.2. The average molecular weight is 357 g/mol. The molecule has 130 valence electrons. The van der Waals surface area contributed by atoms with Crippen LogP contribution >= 0.6 is 12.2 Å². The highest BCUT2D eigenvalue weighted by Gasteiger charge is 2.30. The van der Waals surface area contributed by atoms with Crippen LogP contribution in [0.5, 0.6) is 5.75 Å². The maximum Gasteiger partial charge on any atom is 0.198 e. The van der Waals surface area contributed by atoms with Gasteiger partial charge in [-0.1, -0.05) is 18.2 Å². The largest absolute Gasteiger partial charge is 0.496 e. The van der Waals surface area contributed by atoms with E-state index in [4.69, 9.17) is 31.4 Å². The lowest BCUT2D eigenvalue weighted by Gasteiger charge is -2.27. The molecule has 0 fully saturated rings. The summed E-state index contributed by atoms with van der Waals surface area (Å²) in [5.41, 5.74) is 1.77. The lowest BCUT2D eigenvalue weighted by molar-refractivity contribution is 0.218. The molecular formula is C18H19N3O3S. The standard InChI is InChI=1S/C18H19N3O3S/c1-22-14-7-5-4-6-11(14)10-19-17-12-8-15(23-2)16(24-3)9-13(12)20-18(25)21-17/h4-9,12H,10H2,1-3H3,(H,19,21,25). The van der Waals surface area contributed by atoms with Crippen LogP contribution < -0.4 is 10.1 Å². The Labute approximate surface area is 151 Å². The van der Waals surface area contributed by atoms with Crippen LogP contribution in [0.2, 0.25) is 0 Å². The fourth-order valence-electron chi connectivity index (χ4n) is 2.74. The fraction of sp³-hybridized carbons (Fsp3) is 0.278. The van der Waals surface area contributed by atoms with Crippen molar-refractivity contribution in [3.63, 3.8) is 0 Å². The summed E-state index contributed by atoms with van der Waals surface area (Å²) in [5.74, 6) is 2.63. The van der Waals surface area contributed by atoms with Gasteiger partial charge < -0.3 is 19.5 Å².